The molecule has 4 rings (SSSR count). The van der Waals surface area contributed by atoms with E-state index in [0.29, 0.717) is 29.6 Å². The molecule has 1 aliphatic rings. The average molecular weight is 438 g/mol. The number of furan rings is 1. The summed E-state index contributed by atoms with van der Waals surface area (Å²) in [4.78, 5) is 26.6. The summed E-state index contributed by atoms with van der Waals surface area (Å²) in [6.07, 6.45) is 1.76. The Labute approximate surface area is 186 Å². The predicted molar refractivity (Wildman–Crippen MR) is 121 cm³/mol. The molecule has 3 aromatic rings. The number of carbonyl (C=O) groups is 2. The fourth-order valence-electron chi connectivity index (χ4n) is 3.90. The topological polar surface area (TPSA) is 88.6 Å². The van der Waals surface area contributed by atoms with Crippen molar-refractivity contribution in [3.8, 4) is 11.3 Å². The number of primary amides is 1. The van der Waals surface area contributed by atoms with Gasteiger partial charge in [0.25, 0.3) is 5.91 Å². The number of nitrogens with one attached hydrogen (secondary N) is 1. The maximum absolute atomic E-state index is 12.8. The Morgan fingerprint density at radius 2 is 1.87 bits per heavy atom. The van der Waals surface area contributed by atoms with Gasteiger partial charge in [0.15, 0.2) is 5.76 Å². The van der Waals surface area contributed by atoms with Crippen LogP contribution in [0, 0.1) is 5.92 Å². The fraction of sp³-hybridized carbons (Fsp3) is 0.250. The number of hydrogen-bond donors (Lipinski definition) is 2. The Kier molecular flexibility index (Phi) is 6.39. The Morgan fingerprint density at radius 1 is 1.10 bits per heavy atom. The number of nitrogens with two attached hydrogens (primary N) is 1. The maximum Gasteiger partial charge on any atom is 0.291 e. The second-order valence-electron chi connectivity index (χ2n) is 7.73. The summed E-state index contributed by atoms with van der Waals surface area (Å²) in [5, 5.41) is 3.51. The van der Waals surface area contributed by atoms with Crippen LogP contribution in [-0.4, -0.2) is 29.8 Å². The largest absolute Gasteiger partial charge is 0.451 e. The van der Waals surface area contributed by atoms with Crippen molar-refractivity contribution >= 4 is 29.1 Å². The van der Waals surface area contributed by atoms with Gasteiger partial charge in [-0.25, -0.2) is 0 Å². The summed E-state index contributed by atoms with van der Waals surface area (Å²) >= 11 is 6.23. The van der Waals surface area contributed by atoms with Gasteiger partial charge in [-0.2, -0.15) is 0 Å². The first-order chi connectivity index (χ1) is 15.0. The van der Waals surface area contributed by atoms with E-state index in [1.165, 1.54) is 0 Å². The highest BCUT2D eigenvalue weighted by molar-refractivity contribution is 6.33. The third kappa shape index (κ3) is 4.98. The van der Waals surface area contributed by atoms with Crippen LogP contribution in [0.25, 0.3) is 11.3 Å². The monoisotopic (exact) mass is 437 g/mol. The van der Waals surface area contributed by atoms with Crippen LogP contribution in [0.1, 0.15) is 29.0 Å². The molecule has 1 aliphatic heterocycles. The number of halogens is 1. The van der Waals surface area contributed by atoms with Crippen molar-refractivity contribution in [2.75, 3.05) is 18.4 Å². The zero-order chi connectivity index (χ0) is 21.8. The van der Waals surface area contributed by atoms with Crippen LogP contribution in [0.4, 0.5) is 5.69 Å². The molecule has 0 aliphatic carbocycles. The first-order valence-corrected chi connectivity index (χ1v) is 10.6. The molecule has 1 atom stereocenters. The molecule has 1 aromatic heterocycles. The summed E-state index contributed by atoms with van der Waals surface area (Å²) in [6, 6.07) is 18.3. The van der Waals surface area contributed by atoms with Crippen LogP contribution in [-0.2, 0) is 11.3 Å². The van der Waals surface area contributed by atoms with Crippen LogP contribution < -0.4 is 11.1 Å². The van der Waals surface area contributed by atoms with E-state index in [4.69, 9.17) is 21.8 Å². The van der Waals surface area contributed by atoms with Crippen molar-refractivity contribution in [2.45, 2.75) is 19.4 Å². The Bertz CT molecular complexity index is 1090. The van der Waals surface area contributed by atoms with E-state index in [9.17, 15) is 9.59 Å². The summed E-state index contributed by atoms with van der Waals surface area (Å²) < 4.78 is 5.76. The van der Waals surface area contributed by atoms with Crippen LogP contribution in [0.2, 0.25) is 5.02 Å². The SMILES string of the molecule is NC(=O)C1CCCN(Cc2ccccc2NC(=O)c2ccc(-c3ccccc3Cl)o2)C1. The standard InChI is InChI=1S/C24H24ClN3O3/c25-19-9-3-2-8-18(19)21-11-12-22(31-21)24(30)27-20-10-4-1-6-16(20)14-28-13-5-7-17(15-28)23(26)29/h1-4,6,8-12,17H,5,7,13-15H2,(H2,26,29)(H,27,30). The number of likely N-dealkylation sites (tertiary alicyclic amines) is 1. The predicted octanol–water partition coefficient (Wildman–Crippen LogP) is 4.55. The normalized spacial score (nSPS) is 16.7. The molecule has 1 unspecified atom stereocenters. The molecule has 3 N–H and O–H groups in total. The van der Waals surface area contributed by atoms with Crippen molar-refractivity contribution in [3.05, 3.63) is 77.0 Å². The molecule has 0 bridgehead atoms. The van der Waals surface area contributed by atoms with Crippen LogP contribution in [0.15, 0.2) is 65.1 Å². The van der Waals surface area contributed by atoms with E-state index in [-0.39, 0.29) is 23.5 Å². The lowest BCUT2D eigenvalue weighted by molar-refractivity contribution is -0.123. The lowest BCUT2D eigenvalue weighted by Gasteiger charge is -2.31. The number of amides is 2. The number of para-hydroxylation sites is 1. The molecule has 160 valence electrons. The van der Waals surface area contributed by atoms with Gasteiger partial charge in [0, 0.05) is 24.3 Å². The van der Waals surface area contributed by atoms with Crippen molar-refractivity contribution in [3.63, 3.8) is 0 Å². The van der Waals surface area contributed by atoms with Gasteiger partial charge < -0.3 is 15.5 Å². The van der Waals surface area contributed by atoms with Gasteiger partial charge in [0.1, 0.15) is 5.76 Å². The summed E-state index contributed by atoms with van der Waals surface area (Å²) in [7, 11) is 0. The third-order valence-corrected chi connectivity index (χ3v) is 5.87. The molecule has 0 saturated carbocycles. The molecular weight excluding hydrogens is 414 g/mol. The zero-order valence-corrected chi connectivity index (χ0v) is 17.8. The number of carbonyl (C=O) groups excluding carboxylic acids is 2. The summed E-state index contributed by atoms with van der Waals surface area (Å²) in [5.74, 6) is 0.0334. The van der Waals surface area contributed by atoms with E-state index in [0.717, 1.165) is 30.5 Å². The van der Waals surface area contributed by atoms with Gasteiger partial charge in [-0.1, -0.05) is 41.9 Å². The molecule has 0 radical (unpaired) electrons. The van der Waals surface area contributed by atoms with Gasteiger partial charge in [-0.3, -0.25) is 14.5 Å². The minimum Gasteiger partial charge on any atom is -0.451 e. The highest BCUT2D eigenvalue weighted by Crippen LogP contribution is 2.29. The van der Waals surface area contributed by atoms with Crippen molar-refractivity contribution in [1.82, 2.24) is 4.90 Å². The van der Waals surface area contributed by atoms with Gasteiger partial charge in [-0.15, -0.1) is 0 Å². The quantitative estimate of drug-likeness (QED) is 0.592. The number of piperidine rings is 1. The van der Waals surface area contributed by atoms with Crippen LogP contribution >= 0.6 is 11.6 Å². The van der Waals surface area contributed by atoms with Crippen molar-refractivity contribution < 1.29 is 14.0 Å². The molecule has 2 heterocycles. The molecular formula is C24H24ClN3O3. The van der Waals surface area contributed by atoms with Gasteiger partial charge in [-0.05, 0) is 55.3 Å². The minimum atomic E-state index is -0.334. The lowest BCUT2D eigenvalue weighted by Crippen LogP contribution is -2.40. The summed E-state index contributed by atoms with van der Waals surface area (Å²) in [5.41, 5.74) is 7.91. The van der Waals surface area contributed by atoms with E-state index >= 15 is 0 Å². The maximum atomic E-state index is 12.8. The molecule has 0 spiro atoms. The number of rotatable bonds is 6. The molecule has 6 nitrogen and oxygen atoms in total. The number of anilines is 1. The number of benzene rings is 2. The molecule has 1 fully saturated rings. The number of hydrogen-bond acceptors (Lipinski definition) is 4. The van der Waals surface area contributed by atoms with E-state index in [2.05, 4.69) is 10.2 Å². The Balaban J connectivity index is 1.47. The molecule has 2 aromatic carbocycles. The average Bonchev–Trinajstić information content (AvgIpc) is 3.26. The van der Waals surface area contributed by atoms with Gasteiger partial charge in [0.05, 0.1) is 10.9 Å². The van der Waals surface area contributed by atoms with Crippen LogP contribution in [0.3, 0.4) is 0 Å². The highest BCUT2D eigenvalue weighted by Gasteiger charge is 2.24. The first-order valence-electron chi connectivity index (χ1n) is 10.3. The second-order valence-corrected chi connectivity index (χ2v) is 8.14. The smallest absolute Gasteiger partial charge is 0.291 e. The van der Waals surface area contributed by atoms with Gasteiger partial charge in [0.2, 0.25) is 5.91 Å². The third-order valence-electron chi connectivity index (χ3n) is 5.54. The zero-order valence-electron chi connectivity index (χ0n) is 17.0. The molecule has 31 heavy (non-hydrogen) atoms. The lowest BCUT2D eigenvalue weighted by atomic mass is 9.97. The van der Waals surface area contributed by atoms with Crippen molar-refractivity contribution in [2.24, 2.45) is 11.7 Å². The summed E-state index contributed by atoms with van der Waals surface area (Å²) in [6.45, 7) is 2.16. The minimum absolute atomic E-state index is 0.123. The Morgan fingerprint density at radius 3 is 2.68 bits per heavy atom. The second kappa shape index (κ2) is 9.37. The van der Waals surface area contributed by atoms with Gasteiger partial charge >= 0.3 is 0 Å². The number of nitrogens with zero attached hydrogens (tertiary/aromatic N) is 1. The van der Waals surface area contributed by atoms with E-state index in [1.807, 2.05) is 42.5 Å². The molecule has 7 heteroatoms. The highest BCUT2D eigenvalue weighted by atomic mass is 35.5. The fourth-order valence-corrected chi connectivity index (χ4v) is 4.13. The molecule has 2 amide bonds. The first kappa shape index (κ1) is 21.2. The molecule has 1 saturated heterocycles. The van der Waals surface area contributed by atoms with E-state index < -0.39 is 0 Å². The van der Waals surface area contributed by atoms with Crippen molar-refractivity contribution in [1.29, 1.82) is 0 Å². The van der Waals surface area contributed by atoms with E-state index in [1.54, 1.807) is 18.2 Å². The van der Waals surface area contributed by atoms with Crippen LogP contribution in [0.5, 0.6) is 0 Å². The Hall–Kier alpha value is -3.09.